The predicted octanol–water partition coefficient (Wildman–Crippen LogP) is 4.75. The summed E-state index contributed by atoms with van der Waals surface area (Å²) in [6.45, 7) is 0. The highest BCUT2D eigenvalue weighted by molar-refractivity contribution is 9.10. The highest BCUT2D eigenvalue weighted by Crippen LogP contribution is 2.35. The number of benzene rings is 2. The second-order valence-corrected chi connectivity index (χ2v) is 6.01. The Morgan fingerprint density at radius 1 is 1.14 bits per heavy atom. The first-order valence-corrected chi connectivity index (χ1v) is 7.58. The van der Waals surface area contributed by atoms with Gasteiger partial charge in [0.05, 0.1) is 0 Å². The minimum absolute atomic E-state index is 0.622. The van der Waals surface area contributed by atoms with Gasteiger partial charge in [0.25, 0.3) is 0 Å². The van der Waals surface area contributed by atoms with Crippen molar-refractivity contribution in [1.82, 2.24) is 9.55 Å². The number of nitrogens with two attached hydrogens (primary N) is 1. The van der Waals surface area contributed by atoms with Gasteiger partial charge in [0.15, 0.2) is 0 Å². The molecule has 106 valence electrons. The van der Waals surface area contributed by atoms with Crippen LogP contribution in [0.5, 0.6) is 0 Å². The molecule has 0 radical (unpaired) electrons. The van der Waals surface area contributed by atoms with Gasteiger partial charge in [-0.15, -0.1) is 0 Å². The molecule has 3 aromatic rings. The fourth-order valence-corrected chi connectivity index (χ4v) is 3.11. The largest absolute Gasteiger partial charge is 0.383 e. The number of nitrogen functional groups attached to an aromatic ring is 1. The van der Waals surface area contributed by atoms with Gasteiger partial charge >= 0.3 is 0 Å². The molecule has 0 aliphatic rings. The van der Waals surface area contributed by atoms with Crippen LogP contribution in [0.15, 0.2) is 53.0 Å². The molecule has 0 bridgehead atoms. The number of rotatable bonds is 2. The lowest BCUT2D eigenvalue weighted by molar-refractivity contribution is 0.937. The molecule has 0 aliphatic carbocycles. The van der Waals surface area contributed by atoms with Gasteiger partial charge in [-0.3, -0.25) is 0 Å². The zero-order valence-electron chi connectivity index (χ0n) is 11.3. The second kappa shape index (κ2) is 5.54. The van der Waals surface area contributed by atoms with E-state index in [2.05, 4.69) is 15.9 Å². The lowest BCUT2D eigenvalue weighted by Gasteiger charge is -2.04. The number of imidazole rings is 1. The molecule has 0 fully saturated rings. The van der Waals surface area contributed by atoms with E-state index in [1.165, 1.54) is 0 Å². The Balaban J connectivity index is 2.17. The highest BCUT2D eigenvalue weighted by atomic mass is 79.9. The third kappa shape index (κ3) is 2.57. The Bertz CT molecular complexity index is 797. The molecule has 1 aromatic heterocycles. The van der Waals surface area contributed by atoms with E-state index in [9.17, 15) is 0 Å². The highest BCUT2D eigenvalue weighted by Gasteiger charge is 2.17. The van der Waals surface area contributed by atoms with Crippen LogP contribution in [0.1, 0.15) is 0 Å². The summed E-state index contributed by atoms with van der Waals surface area (Å²) < 4.78 is 2.77. The molecule has 5 heteroatoms. The van der Waals surface area contributed by atoms with E-state index in [1.807, 2.05) is 60.1 Å². The zero-order valence-corrected chi connectivity index (χ0v) is 13.7. The summed E-state index contributed by atoms with van der Waals surface area (Å²) in [4.78, 5) is 4.71. The van der Waals surface area contributed by atoms with Crippen molar-refractivity contribution < 1.29 is 0 Å². The molecule has 1 heterocycles. The average Bonchev–Trinajstić information content (AvgIpc) is 2.77. The van der Waals surface area contributed by atoms with Crippen molar-refractivity contribution in [2.45, 2.75) is 0 Å². The molecule has 2 N–H and O–H groups in total. The number of nitrogens with zero attached hydrogens (tertiary/aromatic N) is 2. The van der Waals surface area contributed by atoms with Gasteiger partial charge in [0.2, 0.25) is 0 Å². The fourth-order valence-electron chi connectivity index (χ4n) is 2.24. The molecular weight excluding hydrogens is 350 g/mol. The Labute approximate surface area is 136 Å². The van der Waals surface area contributed by atoms with Crippen LogP contribution in [0, 0.1) is 0 Å². The van der Waals surface area contributed by atoms with Crippen molar-refractivity contribution >= 4 is 33.3 Å². The van der Waals surface area contributed by atoms with Crippen molar-refractivity contribution in [3.8, 4) is 22.6 Å². The topological polar surface area (TPSA) is 43.8 Å². The van der Waals surface area contributed by atoms with Crippen LogP contribution in [-0.2, 0) is 7.05 Å². The summed E-state index contributed by atoms with van der Waals surface area (Å²) in [5, 5.41) is 0.670. The number of anilines is 1. The zero-order chi connectivity index (χ0) is 15.0. The number of aromatic nitrogens is 2. The van der Waals surface area contributed by atoms with Gasteiger partial charge in [0, 0.05) is 27.7 Å². The van der Waals surface area contributed by atoms with E-state index < -0.39 is 0 Å². The molecule has 3 rings (SSSR count). The van der Waals surface area contributed by atoms with Crippen LogP contribution in [0.3, 0.4) is 0 Å². The van der Waals surface area contributed by atoms with E-state index in [0.717, 1.165) is 27.1 Å². The van der Waals surface area contributed by atoms with E-state index in [-0.39, 0.29) is 0 Å². The first-order valence-electron chi connectivity index (χ1n) is 6.41. The quantitative estimate of drug-likeness (QED) is 0.715. The molecule has 0 saturated heterocycles. The standard InChI is InChI=1S/C16H13BrClN3/c1-21-15(19)14(12-8-7-11(18)9-13(12)17)20-16(21)10-5-3-2-4-6-10/h2-9H,19H2,1H3. The molecule has 3 nitrogen and oxygen atoms in total. The van der Waals surface area contributed by atoms with Crippen molar-refractivity contribution in [3.63, 3.8) is 0 Å². The predicted molar refractivity (Wildman–Crippen MR) is 91.2 cm³/mol. The Kier molecular flexibility index (Phi) is 3.74. The lowest BCUT2D eigenvalue weighted by Crippen LogP contribution is -1.98. The minimum atomic E-state index is 0.622. The van der Waals surface area contributed by atoms with Crippen molar-refractivity contribution in [1.29, 1.82) is 0 Å². The molecule has 0 saturated carbocycles. The smallest absolute Gasteiger partial charge is 0.142 e. The van der Waals surface area contributed by atoms with Crippen LogP contribution < -0.4 is 5.73 Å². The molecular formula is C16H13BrClN3. The maximum absolute atomic E-state index is 6.23. The maximum Gasteiger partial charge on any atom is 0.142 e. The molecule has 0 aliphatic heterocycles. The molecule has 0 spiro atoms. The van der Waals surface area contributed by atoms with Gasteiger partial charge in [-0.25, -0.2) is 4.98 Å². The van der Waals surface area contributed by atoms with Gasteiger partial charge in [-0.2, -0.15) is 0 Å². The Morgan fingerprint density at radius 2 is 1.86 bits per heavy atom. The summed E-state index contributed by atoms with van der Waals surface area (Å²) in [5.74, 6) is 1.46. The van der Waals surface area contributed by atoms with Crippen LogP contribution in [0.2, 0.25) is 5.02 Å². The van der Waals surface area contributed by atoms with E-state index in [4.69, 9.17) is 22.3 Å². The third-order valence-electron chi connectivity index (χ3n) is 3.36. The molecule has 21 heavy (non-hydrogen) atoms. The van der Waals surface area contributed by atoms with Crippen molar-refractivity contribution in [2.75, 3.05) is 5.73 Å². The van der Waals surface area contributed by atoms with Crippen LogP contribution in [-0.4, -0.2) is 9.55 Å². The number of halogens is 2. The van der Waals surface area contributed by atoms with Crippen LogP contribution in [0.25, 0.3) is 22.6 Å². The Hall–Kier alpha value is -1.78. The first-order chi connectivity index (χ1) is 10.1. The lowest BCUT2D eigenvalue weighted by atomic mass is 10.1. The molecule has 2 aromatic carbocycles. The summed E-state index contributed by atoms with van der Waals surface area (Å²) in [7, 11) is 1.91. The summed E-state index contributed by atoms with van der Waals surface area (Å²) in [6.07, 6.45) is 0. The van der Waals surface area contributed by atoms with Gasteiger partial charge in [-0.1, -0.05) is 63.9 Å². The SMILES string of the molecule is Cn1c(-c2ccccc2)nc(-c2ccc(Cl)cc2Br)c1N. The average molecular weight is 363 g/mol. The summed E-state index contributed by atoms with van der Waals surface area (Å²) >= 11 is 9.51. The van der Waals surface area contributed by atoms with E-state index in [1.54, 1.807) is 0 Å². The van der Waals surface area contributed by atoms with Gasteiger partial charge < -0.3 is 10.3 Å². The summed E-state index contributed by atoms with van der Waals surface area (Å²) in [5.41, 5.74) is 8.93. The van der Waals surface area contributed by atoms with Crippen LogP contribution in [0.4, 0.5) is 5.82 Å². The molecule has 0 amide bonds. The van der Waals surface area contributed by atoms with Crippen molar-refractivity contribution in [3.05, 3.63) is 58.0 Å². The normalized spacial score (nSPS) is 10.8. The third-order valence-corrected chi connectivity index (χ3v) is 4.25. The molecule has 0 atom stereocenters. The first kappa shape index (κ1) is 14.2. The number of hydrogen-bond donors (Lipinski definition) is 1. The van der Waals surface area contributed by atoms with Crippen LogP contribution >= 0.6 is 27.5 Å². The minimum Gasteiger partial charge on any atom is -0.383 e. The van der Waals surface area contributed by atoms with E-state index in [0.29, 0.717) is 10.8 Å². The summed E-state index contributed by atoms with van der Waals surface area (Å²) in [6, 6.07) is 15.6. The monoisotopic (exact) mass is 361 g/mol. The van der Waals surface area contributed by atoms with Gasteiger partial charge in [-0.05, 0) is 12.1 Å². The van der Waals surface area contributed by atoms with E-state index >= 15 is 0 Å². The number of hydrogen-bond acceptors (Lipinski definition) is 2. The maximum atomic E-state index is 6.23. The second-order valence-electron chi connectivity index (χ2n) is 4.72. The van der Waals surface area contributed by atoms with Gasteiger partial charge in [0.1, 0.15) is 17.3 Å². The molecule has 0 unspecified atom stereocenters. The fraction of sp³-hybridized carbons (Fsp3) is 0.0625. The van der Waals surface area contributed by atoms with Crippen molar-refractivity contribution in [2.24, 2.45) is 7.05 Å². The Morgan fingerprint density at radius 3 is 2.52 bits per heavy atom.